The van der Waals surface area contributed by atoms with Gasteiger partial charge in [0, 0.05) is 33.4 Å². The number of benzene rings is 8. The molecule has 9 rings (SSSR count). The summed E-state index contributed by atoms with van der Waals surface area (Å²) in [5.74, 6) is 0.756. The minimum Gasteiger partial charge on any atom is -0.507 e. The highest BCUT2D eigenvalue weighted by Crippen LogP contribution is 2.69. The molecule has 0 saturated heterocycles. The highest BCUT2D eigenvalue weighted by atomic mass is 35.5. The second-order valence-corrected chi connectivity index (χ2v) is 22.4. The van der Waals surface area contributed by atoms with Gasteiger partial charge in [0.05, 0.1) is 0 Å². The van der Waals surface area contributed by atoms with Gasteiger partial charge < -0.3 is 10.2 Å². The van der Waals surface area contributed by atoms with Crippen LogP contribution in [-0.2, 0) is 21.7 Å². The van der Waals surface area contributed by atoms with Crippen LogP contribution in [0.2, 0.25) is 0 Å². The molecule has 1 fully saturated rings. The second-order valence-electron chi connectivity index (χ2n) is 21.9. The van der Waals surface area contributed by atoms with E-state index in [1.165, 1.54) is 65.3 Å². The normalized spacial score (nSPS) is 16.2. The maximum atomic E-state index is 11.8. The molecule has 2 N–H and O–H groups in total. The molecule has 0 amide bonds. The first kappa shape index (κ1) is 41.9. The molecule has 2 unspecified atom stereocenters. The van der Waals surface area contributed by atoms with Crippen LogP contribution in [0.4, 0.5) is 0 Å². The van der Waals surface area contributed by atoms with Gasteiger partial charge in [-0.05, 0) is 111 Å². The molecule has 0 heterocycles. The maximum Gasteiger partial charge on any atom is 0.225 e. The molecule has 8 aromatic rings. The van der Waals surface area contributed by atoms with Crippen molar-refractivity contribution < 1.29 is 10.2 Å². The predicted molar refractivity (Wildman–Crippen MR) is 266 cm³/mol. The lowest BCUT2D eigenvalue weighted by Crippen LogP contribution is -2.17. The number of phenols is 2. The van der Waals surface area contributed by atoms with Gasteiger partial charge >= 0.3 is 0 Å². The Hall–Kier alpha value is -5.44. The van der Waals surface area contributed by atoms with Crippen LogP contribution in [0.15, 0.2) is 121 Å². The number of phenolic OH excluding ortho intramolecular Hbond substituents is 2. The van der Waals surface area contributed by atoms with Crippen LogP contribution < -0.4 is 0 Å². The van der Waals surface area contributed by atoms with Crippen molar-refractivity contribution in [3.8, 4) is 33.8 Å². The van der Waals surface area contributed by atoms with Gasteiger partial charge in [0.2, 0.25) is 5.38 Å². The Labute approximate surface area is 373 Å². The SMILES string of the molecule is CC(C)(C)c1cc(-c2c3ccccc3c(C3[C+](Cl)C3c3c4ccccc4c(-c4cc(C(C)(C)C)c(O)c(C(C)(C)C)c4)c4ccccc34)c3ccccc23)cc(C(C)(C)C)c1O. The highest BCUT2D eigenvalue weighted by Gasteiger charge is 2.68. The average Bonchev–Trinajstić information content (AvgIpc) is 3.85. The fraction of sp³-hybridized carbons (Fsp3) is 0.305. The van der Waals surface area contributed by atoms with Crippen molar-refractivity contribution in [3.05, 3.63) is 160 Å². The van der Waals surface area contributed by atoms with Crippen molar-refractivity contribution in [2.24, 2.45) is 0 Å². The Balaban J connectivity index is 1.30. The first-order chi connectivity index (χ1) is 29.1. The Morgan fingerprint density at radius 1 is 0.371 bits per heavy atom. The first-order valence-electron chi connectivity index (χ1n) is 22.2. The van der Waals surface area contributed by atoms with Gasteiger partial charge in [-0.2, -0.15) is 0 Å². The summed E-state index contributed by atoms with van der Waals surface area (Å²) in [5, 5.41) is 34.0. The Morgan fingerprint density at radius 3 is 0.790 bits per heavy atom. The smallest absolute Gasteiger partial charge is 0.225 e. The van der Waals surface area contributed by atoms with E-state index in [0.29, 0.717) is 11.5 Å². The van der Waals surface area contributed by atoms with Crippen LogP contribution in [0.1, 0.15) is 128 Å². The molecular weight excluding hydrogens is 776 g/mol. The molecule has 3 heteroatoms. The number of hydrogen-bond donors (Lipinski definition) is 2. The zero-order valence-electron chi connectivity index (χ0n) is 38.5. The van der Waals surface area contributed by atoms with Gasteiger partial charge in [-0.1, -0.05) is 180 Å². The number of halogens is 1. The third-order valence-corrected chi connectivity index (χ3v) is 13.9. The summed E-state index contributed by atoms with van der Waals surface area (Å²) in [6.07, 6.45) is 0. The molecule has 0 spiro atoms. The van der Waals surface area contributed by atoms with E-state index in [1.807, 2.05) is 0 Å². The summed E-state index contributed by atoms with van der Waals surface area (Å²) in [6.45, 7) is 26.2. The molecule has 0 bridgehead atoms. The van der Waals surface area contributed by atoms with Crippen LogP contribution in [0.3, 0.4) is 0 Å². The van der Waals surface area contributed by atoms with Crippen LogP contribution in [0, 0.1) is 5.38 Å². The van der Waals surface area contributed by atoms with Crippen molar-refractivity contribution in [2.75, 3.05) is 0 Å². The van der Waals surface area contributed by atoms with Crippen molar-refractivity contribution in [1.29, 1.82) is 0 Å². The Morgan fingerprint density at radius 2 is 0.581 bits per heavy atom. The van der Waals surface area contributed by atoms with E-state index in [9.17, 15) is 10.2 Å². The van der Waals surface area contributed by atoms with Crippen molar-refractivity contribution in [1.82, 2.24) is 0 Å². The quantitative estimate of drug-likeness (QED) is 0.137. The van der Waals surface area contributed by atoms with E-state index >= 15 is 0 Å². The molecular formula is C59H60ClO2+. The Kier molecular flexibility index (Phi) is 9.66. The van der Waals surface area contributed by atoms with Gasteiger partial charge in [-0.25, -0.2) is 0 Å². The van der Waals surface area contributed by atoms with E-state index in [0.717, 1.165) is 38.8 Å². The summed E-state index contributed by atoms with van der Waals surface area (Å²) < 4.78 is 0. The highest BCUT2D eigenvalue weighted by molar-refractivity contribution is 6.33. The average molecular weight is 837 g/mol. The van der Waals surface area contributed by atoms with E-state index in [-0.39, 0.29) is 33.5 Å². The number of rotatable bonds is 4. The predicted octanol–water partition coefficient (Wildman–Crippen LogP) is 16.9. The van der Waals surface area contributed by atoms with Gasteiger partial charge in [-0.15, -0.1) is 0 Å². The van der Waals surface area contributed by atoms with Crippen molar-refractivity contribution in [2.45, 2.75) is 117 Å². The molecule has 1 aliphatic carbocycles. The summed E-state index contributed by atoms with van der Waals surface area (Å²) in [4.78, 5) is 0. The molecule has 2 nitrogen and oxygen atoms in total. The van der Waals surface area contributed by atoms with Crippen LogP contribution in [0.25, 0.3) is 65.3 Å². The molecule has 1 saturated carbocycles. The lowest BCUT2D eigenvalue weighted by Gasteiger charge is -2.29. The van der Waals surface area contributed by atoms with E-state index < -0.39 is 0 Å². The molecule has 1 aliphatic rings. The zero-order chi connectivity index (χ0) is 44.4. The number of fused-ring (bicyclic) bond motifs is 4. The fourth-order valence-corrected chi connectivity index (χ4v) is 10.7. The molecule has 0 aromatic heterocycles. The molecule has 62 heavy (non-hydrogen) atoms. The standard InChI is InChI=1S/C59H59ClO2/c1-56(2,3)43-29-33(30-44(54(43)61)57(4,5)6)47-35-21-13-17-25-39(35)49(40-26-18-14-22-36(40)47)51-52(53(51)60)50-41-27-19-15-23-37(41)48(38-24-16-20-28-42(38)50)34-31-45(58(7,8)9)55(62)46(32-34)59(10,11)12/h13-32,51-52H,1-12H3,(H-,61,62)/p+1. The van der Waals surface area contributed by atoms with Crippen molar-refractivity contribution in [3.63, 3.8) is 0 Å². The summed E-state index contributed by atoms with van der Waals surface area (Å²) in [5.41, 5.74) is 9.90. The van der Waals surface area contributed by atoms with E-state index in [1.54, 1.807) is 0 Å². The molecule has 314 valence electrons. The number of hydrogen-bond acceptors (Lipinski definition) is 2. The largest absolute Gasteiger partial charge is 0.507 e. The fourth-order valence-electron chi connectivity index (χ4n) is 10.3. The van der Waals surface area contributed by atoms with E-state index in [2.05, 4.69) is 204 Å². The molecule has 0 aliphatic heterocycles. The topological polar surface area (TPSA) is 40.5 Å². The summed E-state index contributed by atoms with van der Waals surface area (Å²) in [7, 11) is 0. The van der Waals surface area contributed by atoms with Gasteiger partial charge in [-0.3, -0.25) is 0 Å². The van der Waals surface area contributed by atoms with E-state index in [4.69, 9.17) is 11.6 Å². The van der Waals surface area contributed by atoms with Crippen LogP contribution in [-0.4, -0.2) is 10.2 Å². The first-order valence-corrected chi connectivity index (χ1v) is 22.6. The maximum absolute atomic E-state index is 11.8. The van der Waals surface area contributed by atoms with Gasteiger partial charge in [0.1, 0.15) is 23.1 Å². The third-order valence-electron chi connectivity index (χ3n) is 13.4. The minimum atomic E-state index is -0.261. The molecule has 8 aromatic carbocycles. The van der Waals surface area contributed by atoms with Crippen LogP contribution >= 0.6 is 11.6 Å². The Bertz CT molecular complexity index is 2710. The minimum absolute atomic E-state index is 0.0121. The van der Waals surface area contributed by atoms with Crippen molar-refractivity contribution >= 4 is 54.7 Å². The number of aromatic hydroxyl groups is 2. The third kappa shape index (κ3) is 6.72. The van der Waals surface area contributed by atoms with Gasteiger partial charge in [0.15, 0.2) is 11.8 Å². The monoisotopic (exact) mass is 835 g/mol. The lowest BCUT2D eigenvalue weighted by atomic mass is 9.76. The summed E-state index contributed by atoms with van der Waals surface area (Å²) in [6, 6.07) is 44.3. The molecule has 2 atom stereocenters. The molecule has 0 radical (unpaired) electrons. The summed E-state index contributed by atoms with van der Waals surface area (Å²) >= 11 is 7.68. The zero-order valence-corrected chi connectivity index (χ0v) is 39.2. The lowest BCUT2D eigenvalue weighted by molar-refractivity contribution is 0.422. The second kappa shape index (κ2) is 14.3. The van der Waals surface area contributed by atoms with Crippen LogP contribution in [0.5, 0.6) is 11.5 Å². The van der Waals surface area contributed by atoms with Gasteiger partial charge in [0.25, 0.3) is 0 Å².